The number of hydrogen-bond acceptors (Lipinski definition) is 6. The third-order valence-electron chi connectivity index (χ3n) is 16.3. The van der Waals surface area contributed by atoms with Gasteiger partial charge >= 0.3 is 0 Å². The number of rotatable bonds is 9. The van der Waals surface area contributed by atoms with Crippen molar-refractivity contribution in [2.75, 3.05) is 33.2 Å². The molecule has 7 heteroatoms. The second kappa shape index (κ2) is 23.0. The highest BCUT2D eigenvalue weighted by molar-refractivity contribution is 6.97. The lowest BCUT2D eigenvalue weighted by Crippen LogP contribution is -2.58. The second-order valence-electron chi connectivity index (χ2n) is 20.9. The van der Waals surface area contributed by atoms with E-state index in [0.29, 0.717) is 17.1 Å². The van der Waals surface area contributed by atoms with Crippen LogP contribution in [0.15, 0.2) is 146 Å². The molecule has 9 N–H and O–H groups in total. The van der Waals surface area contributed by atoms with Gasteiger partial charge in [0.2, 0.25) is 6.71 Å². The molecule has 0 aliphatic heterocycles. The van der Waals surface area contributed by atoms with Gasteiger partial charge in [-0.1, -0.05) is 122 Å². The zero-order valence-electron chi connectivity index (χ0n) is 47.7. The van der Waals surface area contributed by atoms with Gasteiger partial charge in [0.15, 0.2) is 0 Å². The first-order valence-corrected chi connectivity index (χ1v) is 26.9. The van der Waals surface area contributed by atoms with Crippen LogP contribution in [0.2, 0.25) is 0 Å². The lowest BCUT2D eigenvalue weighted by molar-refractivity contribution is 1.22. The summed E-state index contributed by atoms with van der Waals surface area (Å²) >= 11 is 0. The number of anilines is 9. The van der Waals surface area contributed by atoms with Crippen molar-refractivity contribution in [3.8, 4) is 35.5 Å². The molecule has 0 aliphatic carbocycles. The van der Waals surface area contributed by atoms with Crippen molar-refractivity contribution in [3.05, 3.63) is 246 Å². The van der Waals surface area contributed by atoms with Crippen LogP contribution in [0, 0.1) is 119 Å². The van der Waals surface area contributed by atoms with E-state index >= 15 is 0 Å². The average molecular weight is 1030 g/mol. The van der Waals surface area contributed by atoms with Crippen molar-refractivity contribution in [2.45, 2.75) is 83.1 Å². The van der Waals surface area contributed by atoms with Gasteiger partial charge in [-0.2, -0.15) is 0 Å². The molecular weight excluding hydrogens is 960 g/mol. The first kappa shape index (κ1) is 54.3. The molecule has 0 spiro atoms. The monoisotopic (exact) mass is 1030 g/mol. The summed E-state index contributed by atoms with van der Waals surface area (Å²) in [5, 5.41) is 10.3. The molecule has 0 fully saturated rings. The molecule has 6 nitrogen and oxygen atoms in total. The Labute approximate surface area is 469 Å². The van der Waals surface area contributed by atoms with Crippen LogP contribution in [0.3, 0.4) is 0 Å². The Hall–Kier alpha value is -9.48. The molecule has 0 saturated heterocycles. The van der Waals surface area contributed by atoms with Crippen molar-refractivity contribution in [1.82, 2.24) is 0 Å². The minimum atomic E-state index is -0.102. The Morgan fingerprint density at radius 1 is 0.266 bits per heavy atom. The smallest absolute Gasteiger partial charge is 0.243 e. The quantitative estimate of drug-likeness (QED) is 0.0488. The van der Waals surface area contributed by atoms with E-state index in [0.717, 1.165) is 67.5 Å². The molecule has 0 radical (unpaired) electrons. The summed E-state index contributed by atoms with van der Waals surface area (Å²) in [6.07, 6.45) is 0. The minimum absolute atomic E-state index is 0.102. The molecule has 390 valence electrons. The van der Waals surface area contributed by atoms with Crippen LogP contribution in [-0.2, 0) is 0 Å². The van der Waals surface area contributed by atoms with Gasteiger partial charge in [0.1, 0.15) is 0 Å². The largest absolute Gasteiger partial charge is 0.397 e. The summed E-state index contributed by atoms with van der Waals surface area (Å²) < 4.78 is 0. The zero-order valence-corrected chi connectivity index (χ0v) is 47.7. The van der Waals surface area contributed by atoms with Crippen molar-refractivity contribution in [3.63, 3.8) is 0 Å². The van der Waals surface area contributed by atoms with Gasteiger partial charge in [-0.25, -0.2) is 0 Å². The summed E-state index contributed by atoms with van der Waals surface area (Å²) in [7, 11) is 0. The molecule has 0 aromatic heterocycles. The Balaban J connectivity index is 1.14. The molecule has 0 heterocycles. The van der Waals surface area contributed by atoms with Gasteiger partial charge in [-0.05, 0) is 226 Å². The van der Waals surface area contributed by atoms with E-state index in [1.165, 1.54) is 83.1 Å². The fourth-order valence-corrected chi connectivity index (χ4v) is 10.9. The van der Waals surface area contributed by atoms with Crippen molar-refractivity contribution in [1.29, 1.82) is 0 Å². The highest BCUT2D eigenvalue weighted by atomic mass is 14.9. The maximum absolute atomic E-state index is 6.23. The van der Waals surface area contributed by atoms with Crippen LogP contribution >= 0.6 is 0 Å². The zero-order chi connectivity index (χ0) is 56.2. The summed E-state index contributed by atoms with van der Waals surface area (Å²) in [4.78, 5) is 0. The summed E-state index contributed by atoms with van der Waals surface area (Å²) in [5.41, 5.74) is 50.8. The molecule has 0 bridgehead atoms. The number of nitrogen functional groups attached to an aromatic ring is 3. The van der Waals surface area contributed by atoms with Crippen LogP contribution in [0.5, 0.6) is 0 Å². The predicted octanol–water partition coefficient (Wildman–Crippen LogP) is 14.1. The van der Waals surface area contributed by atoms with E-state index < -0.39 is 0 Å². The van der Waals surface area contributed by atoms with E-state index in [2.05, 4.69) is 207 Å². The maximum Gasteiger partial charge on any atom is 0.243 e. The summed E-state index contributed by atoms with van der Waals surface area (Å²) in [6.45, 7) is 27.1. The highest BCUT2D eigenvalue weighted by Crippen LogP contribution is 2.30. The Kier molecular flexibility index (Phi) is 15.8. The number of hydrogen-bond donors (Lipinski definition) is 6. The SMILES string of the molecule is Cc1c(C)c(B(c2c(C)c(C)c(C#Cc3ccc(Nc4ccccc4N)cc3)c(C)c2C)c2c(C)c(C)c(C#Cc3ccc(Nc4ccccc4N)cc3)c(C)c2C)c(C)c(C)c1C#Cc1ccc(Nc2ccccc2N)cc1. The standard InChI is InChI=1S/C72H69BN6/c1-43-49(7)70(50(8)44(2)61(43)40-31-55-25-34-58(35-26-55)77-67-22-16-13-19-64(67)74)73(71-51(9)45(3)62(46(4)52(71)10)41-32-56-27-36-59(37-28-56)78-68-23-17-14-20-65(68)75)72-53(11)47(5)63(48(6)54(72)12)42-33-57-29-38-60(39-30-57)79-69-24-18-15-21-66(69)76/h13-30,34-39,77-79H,74-76H2,1-12H3. The molecule has 9 rings (SSSR count). The minimum Gasteiger partial charge on any atom is -0.397 e. The lowest BCUT2D eigenvalue weighted by atomic mass is 9.32. The molecule has 0 unspecified atom stereocenters. The number of nitrogens with one attached hydrogen (secondary N) is 3. The van der Waals surface area contributed by atoms with Crippen molar-refractivity contribution >= 4 is 74.3 Å². The molecule has 79 heavy (non-hydrogen) atoms. The number of benzene rings is 9. The third kappa shape index (κ3) is 11.2. The van der Waals surface area contributed by atoms with Crippen LogP contribution < -0.4 is 49.5 Å². The lowest BCUT2D eigenvalue weighted by Gasteiger charge is -2.31. The third-order valence-corrected chi connectivity index (χ3v) is 16.3. The van der Waals surface area contributed by atoms with E-state index in [4.69, 9.17) is 17.2 Å². The molecule has 0 aliphatic rings. The van der Waals surface area contributed by atoms with E-state index in [1.807, 2.05) is 72.8 Å². The van der Waals surface area contributed by atoms with Gasteiger partial charge < -0.3 is 33.2 Å². The molecule has 0 saturated carbocycles. The first-order chi connectivity index (χ1) is 37.9. The van der Waals surface area contributed by atoms with Crippen LogP contribution in [0.25, 0.3) is 0 Å². The van der Waals surface area contributed by atoms with E-state index in [9.17, 15) is 0 Å². The molecular formula is C72H69BN6. The predicted molar refractivity (Wildman–Crippen MR) is 341 cm³/mol. The van der Waals surface area contributed by atoms with Crippen LogP contribution in [-0.4, -0.2) is 6.71 Å². The Bertz CT molecular complexity index is 3530. The normalized spacial score (nSPS) is 10.6. The topological polar surface area (TPSA) is 114 Å². The van der Waals surface area contributed by atoms with Gasteiger partial charge in [0.05, 0.1) is 34.1 Å². The first-order valence-electron chi connectivity index (χ1n) is 26.9. The van der Waals surface area contributed by atoms with Crippen LogP contribution in [0.4, 0.5) is 51.2 Å². The van der Waals surface area contributed by atoms with E-state index in [1.54, 1.807) is 0 Å². The van der Waals surface area contributed by atoms with Crippen LogP contribution in [0.1, 0.15) is 100 Å². The summed E-state index contributed by atoms with van der Waals surface area (Å²) in [6, 6.07) is 48.0. The Morgan fingerprint density at radius 2 is 0.481 bits per heavy atom. The van der Waals surface area contributed by atoms with Gasteiger partial charge in [0.25, 0.3) is 0 Å². The number of nitrogens with two attached hydrogens (primary N) is 3. The number of para-hydroxylation sites is 6. The Morgan fingerprint density at radius 3 is 0.696 bits per heavy atom. The van der Waals surface area contributed by atoms with E-state index in [-0.39, 0.29) is 6.71 Å². The molecule has 0 atom stereocenters. The molecule has 9 aromatic rings. The maximum atomic E-state index is 6.23. The highest BCUT2D eigenvalue weighted by Gasteiger charge is 2.35. The molecule has 9 aromatic carbocycles. The van der Waals surface area contributed by atoms with Gasteiger partial charge in [0, 0.05) is 50.4 Å². The second-order valence-corrected chi connectivity index (χ2v) is 20.9. The average Bonchev–Trinajstić information content (AvgIpc) is 3.63. The fourth-order valence-electron chi connectivity index (χ4n) is 10.9. The fraction of sp³-hybridized carbons (Fsp3) is 0.167. The molecule has 0 amide bonds. The van der Waals surface area contributed by atoms with Gasteiger partial charge in [-0.3, -0.25) is 0 Å². The summed E-state index contributed by atoms with van der Waals surface area (Å²) in [5.74, 6) is 21.5. The van der Waals surface area contributed by atoms with Crippen molar-refractivity contribution < 1.29 is 0 Å². The van der Waals surface area contributed by atoms with Gasteiger partial charge in [-0.15, -0.1) is 0 Å². The van der Waals surface area contributed by atoms with Crippen molar-refractivity contribution in [2.24, 2.45) is 0 Å².